The van der Waals surface area contributed by atoms with Gasteiger partial charge in [0.1, 0.15) is 0 Å². The van der Waals surface area contributed by atoms with Gasteiger partial charge in [-0.15, -0.1) is 0 Å². The van der Waals surface area contributed by atoms with Crippen molar-refractivity contribution in [2.75, 3.05) is 26.8 Å². The van der Waals surface area contributed by atoms with E-state index >= 15 is 0 Å². The highest BCUT2D eigenvalue weighted by Crippen LogP contribution is 2.45. The quantitative estimate of drug-likeness (QED) is 0.754. The minimum absolute atomic E-state index is 0.411. The zero-order valence-electron chi connectivity index (χ0n) is 13.2. The Labute approximate surface area is 114 Å². The van der Waals surface area contributed by atoms with Crippen LogP contribution in [0.5, 0.6) is 0 Å². The molecule has 18 heavy (non-hydrogen) atoms. The molecule has 0 aliphatic carbocycles. The third kappa shape index (κ3) is 2.91. The number of piperidine rings is 1. The Morgan fingerprint density at radius 1 is 1.11 bits per heavy atom. The number of ether oxygens (including phenoxy) is 1. The van der Waals surface area contributed by atoms with Crippen LogP contribution >= 0.6 is 0 Å². The molecule has 0 aromatic heterocycles. The third-order valence-electron chi connectivity index (χ3n) is 4.82. The average molecular weight is 255 g/mol. The van der Waals surface area contributed by atoms with Gasteiger partial charge in [0.2, 0.25) is 0 Å². The predicted octanol–water partition coefficient (Wildman–Crippen LogP) is 3.95. The van der Waals surface area contributed by atoms with Crippen LogP contribution in [0.4, 0.5) is 0 Å². The topological polar surface area (TPSA) is 12.5 Å². The molecule has 2 fully saturated rings. The van der Waals surface area contributed by atoms with Crippen LogP contribution in [0.3, 0.4) is 0 Å². The molecule has 0 aromatic carbocycles. The third-order valence-corrected chi connectivity index (χ3v) is 4.82. The molecule has 0 N–H and O–H groups in total. The second-order valence-electron chi connectivity index (χ2n) is 5.75. The molecule has 2 nitrogen and oxygen atoms in total. The van der Waals surface area contributed by atoms with E-state index in [-0.39, 0.29) is 0 Å². The lowest BCUT2D eigenvalue weighted by atomic mass is 9.66. The lowest BCUT2D eigenvalue weighted by Gasteiger charge is -2.58. The Morgan fingerprint density at radius 3 is 2.17 bits per heavy atom. The van der Waals surface area contributed by atoms with Crippen molar-refractivity contribution in [3.05, 3.63) is 0 Å². The first-order valence-electron chi connectivity index (χ1n) is 8.03. The highest BCUT2D eigenvalue weighted by molar-refractivity contribution is 5.05. The van der Waals surface area contributed by atoms with E-state index in [4.69, 9.17) is 4.74 Å². The number of hydrogen-bond donors (Lipinski definition) is 0. The number of hydrogen-bond acceptors (Lipinski definition) is 2. The van der Waals surface area contributed by atoms with Crippen molar-refractivity contribution in [1.29, 1.82) is 0 Å². The molecule has 2 aliphatic rings. The van der Waals surface area contributed by atoms with Crippen LogP contribution in [0.1, 0.15) is 59.8 Å². The van der Waals surface area contributed by atoms with Gasteiger partial charge in [0.25, 0.3) is 0 Å². The highest BCUT2D eigenvalue weighted by atomic mass is 16.5. The molecule has 0 amide bonds. The Bertz CT molecular complexity index is 225. The van der Waals surface area contributed by atoms with Crippen molar-refractivity contribution < 1.29 is 4.74 Å². The van der Waals surface area contributed by atoms with Gasteiger partial charge in [0.05, 0.1) is 18.8 Å². The van der Waals surface area contributed by atoms with E-state index < -0.39 is 0 Å². The smallest absolute Gasteiger partial charge is 0.0707 e. The van der Waals surface area contributed by atoms with Crippen molar-refractivity contribution >= 4 is 0 Å². The molecule has 0 saturated carbocycles. The van der Waals surface area contributed by atoms with E-state index in [1.54, 1.807) is 0 Å². The molecule has 1 spiro atoms. The lowest BCUT2D eigenvalue weighted by molar-refractivity contribution is -0.192. The molecule has 108 valence electrons. The molecule has 2 saturated heterocycles. The molecule has 2 aliphatic heterocycles. The second kappa shape index (κ2) is 7.49. The largest absolute Gasteiger partial charge is 0.377 e. The number of likely N-dealkylation sites (N-methyl/N-ethyl adjacent to an activating group) is 1. The summed E-state index contributed by atoms with van der Waals surface area (Å²) >= 11 is 0. The van der Waals surface area contributed by atoms with Crippen molar-refractivity contribution in [2.24, 2.45) is 11.8 Å². The number of rotatable bonds is 4. The maximum Gasteiger partial charge on any atom is 0.0707 e. The molecule has 2 rings (SSSR count). The first-order valence-corrected chi connectivity index (χ1v) is 8.03. The standard InChI is InChI=1S/C14H27NO.C2H6/c1-4-6-12-8-9-15(3)14(10-16-11-14)13(12)7-5-2;1-2/h12-13H,4-11H2,1-3H3;1-2H3. The van der Waals surface area contributed by atoms with Crippen LogP contribution in [0.25, 0.3) is 0 Å². The zero-order chi connectivity index (χ0) is 13.6. The Kier molecular flexibility index (Phi) is 6.65. The van der Waals surface area contributed by atoms with E-state index in [0.29, 0.717) is 5.54 Å². The van der Waals surface area contributed by atoms with E-state index in [2.05, 4.69) is 25.8 Å². The van der Waals surface area contributed by atoms with Crippen molar-refractivity contribution in [2.45, 2.75) is 65.3 Å². The first-order chi connectivity index (χ1) is 8.74. The molecule has 2 unspecified atom stereocenters. The molecular weight excluding hydrogens is 222 g/mol. The maximum atomic E-state index is 5.55. The summed E-state index contributed by atoms with van der Waals surface area (Å²) < 4.78 is 5.55. The van der Waals surface area contributed by atoms with E-state index in [9.17, 15) is 0 Å². The summed E-state index contributed by atoms with van der Waals surface area (Å²) in [5.74, 6) is 1.83. The van der Waals surface area contributed by atoms with Gasteiger partial charge in [0.15, 0.2) is 0 Å². The van der Waals surface area contributed by atoms with E-state index in [1.807, 2.05) is 13.8 Å². The summed E-state index contributed by atoms with van der Waals surface area (Å²) in [6.45, 7) is 11.9. The maximum absolute atomic E-state index is 5.55. The zero-order valence-corrected chi connectivity index (χ0v) is 13.2. The van der Waals surface area contributed by atoms with Crippen LogP contribution in [-0.4, -0.2) is 37.2 Å². The summed E-state index contributed by atoms with van der Waals surface area (Å²) in [5, 5.41) is 0. The van der Waals surface area contributed by atoms with Crippen molar-refractivity contribution in [1.82, 2.24) is 4.90 Å². The van der Waals surface area contributed by atoms with Gasteiger partial charge in [-0.2, -0.15) is 0 Å². The van der Waals surface area contributed by atoms with Crippen LogP contribution in [0, 0.1) is 11.8 Å². The summed E-state index contributed by atoms with van der Waals surface area (Å²) in [5.41, 5.74) is 0.411. The minimum Gasteiger partial charge on any atom is -0.377 e. The van der Waals surface area contributed by atoms with Gasteiger partial charge >= 0.3 is 0 Å². The van der Waals surface area contributed by atoms with Crippen molar-refractivity contribution in [3.8, 4) is 0 Å². The molecule has 0 bridgehead atoms. The monoisotopic (exact) mass is 255 g/mol. The van der Waals surface area contributed by atoms with Gasteiger partial charge < -0.3 is 4.74 Å². The van der Waals surface area contributed by atoms with E-state index in [1.165, 1.54) is 38.6 Å². The van der Waals surface area contributed by atoms with Crippen LogP contribution < -0.4 is 0 Å². The molecule has 2 heterocycles. The number of nitrogens with zero attached hydrogens (tertiary/aromatic N) is 1. The summed E-state index contributed by atoms with van der Waals surface area (Å²) in [4.78, 5) is 2.59. The van der Waals surface area contributed by atoms with Gasteiger partial charge in [-0.25, -0.2) is 0 Å². The number of likely N-dealkylation sites (tertiary alicyclic amines) is 1. The normalized spacial score (nSPS) is 30.5. The fourth-order valence-corrected chi connectivity index (χ4v) is 3.78. The van der Waals surface area contributed by atoms with Gasteiger partial charge in [-0.1, -0.05) is 47.0 Å². The minimum atomic E-state index is 0.411. The van der Waals surface area contributed by atoms with Crippen molar-refractivity contribution in [3.63, 3.8) is 0 Å². The first kappa shape index (κ1) is 16.0. The molecule has 2 atom stereocenters. The van der Waals surface area contributed by atoms with Crippen LogP contribution in [0.15, 0.2) is 0 Å². The summed E-state index contributed by atoms with van der Waals surface area (Å²) in [7, 11) is 2.30. The average Bonchev–Trinajstić information content (AvgIpc) is 2.34. The predicted molar refractivity (Wildman–Crippen MR) is 78.9 cm³/mol. The SMILES string of the molecule is CC.CCCC1CCN(C)C2(COC2)C1CCC. The highest BCUT2D eigenvalue weighted by Gasteiger charge is 2.52. The lowest BCUT2D eigenvalue weighted by Crippen LogP contribution is -2.69. The van der Waals surface area contributed by atoms with E-state index in [0.717, 1.165) is 25.0 Å². The fraction of sp³-hybridized carbons (Fsp3) is 1.00. The Morgan fingerprint density at radius 2 is 1.72 bits per heavy atom. The summed E-state index contributed by atoms with van der Waals surface area (Å²) in [6.07, 6.45) is 6.86. The summed E-state index contributed by atoms with van der Waals surface area (Å²) in [6, 6.07) is 0. The van der Waals surface area contributed by atoms with Gasteiger partial charge in [0, 0.05) is 0 Å². The molecule has 2 heteroatoms. The second-order valence-corrected chi connectivity index (χ2v) is 5.75. The fourth-order valence-electron chi connectivity index (χ4n) is 3.78. The van der Waals surface area contributed by atoms with Crippen LogP contribution in [0.2, 0.25) is 0 Å². The van der Waals surface area contributed by atoms with Gasteiger partial charge in [-0.3, -0.25) is 4.90 Å². The molecule has 0 aromatic rings. The molecular formula is C16H33NO. The van der Waals surface area contributed by atoms with Crippen LogP contribution in [-0.2, 0) is 4.74 Å². The Hall–Kier alpha value is -0.0800. The Balaban J connectivity index is 0.000000771. The molecule has 0 radical (unpaired) electrons. The van der Waals surface area contributed by atoms with Gasteiger partial charge in [-0.05, 0) is 38.3 Å².